The molecule has 0 radical (unpaired) electrons. The highest BCUT2D eigenvalue weighted by atomic mass is 35.5. The minimum Gasteiger partial charge on any atom is -0.376 e. The lowest BCUT2D eigenvalue weighted by atomic mass is 10.2. The van der Waals surface area contributed by atoms with Crippen molar-refractivity contribution in [2.75, 3.05) is 18.5 Å². The molecule has 0 aliphatic carbocycles. The van der Waals surface area contributed by atoms with Gasteiger partial charge in [-0.15, -0.1) is 0 Å². The van der Waals surface area contributed by atoms with Crippen LogP contribution >= 0.6 is 23.2 Å². The summed E-state index contributed by atoms with van der Waals surface area (Å²) in [5, 5.41) is 4.50. The quantitative estimate of drug-likeness (QED) is 0.896. The first-order valence-corrected chi connectivity index (χ1v) is 6.21. The van der Waals surface area contributed by atoms with E-state index in [9.17, 15) is 0 Å². The van der Waals surface area contributed by atoms with E-state index in [1.165, 1.54) is 0 Å². The van der Waals surface area contributed by atoms with E-state index >= 15 is 0 Å². The minimum absolute atomic E-state index is 0.0988. The Hall–Kier alpha value is -0.480. The van der Waals surface area contributed by atoms with Gasteiger partial charge >= 0.3 is 0 Å². The second-order valence-electron chi connectivity index (χ2n) is 4.49. The zero-order valence-corrected chi connectivity index (χ0v) is 11.3. The average molecular weight is 276 g/mol. The number of nitrogens with one attached hydrogen (secondary N) is 1. The topological polar surface area (TPSA) is 30.5 Å². The number of halogens is 2. The lowest BCUT2D eigenvalue weighted by Gasteiger charge is -2.35. The number of benzene rings is 1. The van der Waals surface area contributed by atoms with Gasteiger partial charge in [-0.3, -0.25) is 0 Å². The van der Waals surface area contributed by atoms with E-state index < -0.39 is 5.79 Å². The third-order valence-electron chi connectivity index (χ3n) is 2.55. The highest BCUT2D eigenvalue weighted by Gasteiger charge is 2.28. The summed E-state index contributed by atoms with van der Waals surface area (Å²) < 4.78 is 11.1. The van der Waals surface area contributed by atoms with Gasteiger partial charge in [-0.1, -0.05) is 23.2 Å². The van der Waals surface area contributed by atoms with Gasteiger partial charge in [-0.05, 0) is 32.0 Å². The zero-order chi connectivity index (χ0) is 12.5. The molecule has 1 fully saturated rings. The van der Waals surface area contributed by atoms with Gasteiger partial charge in [0.05, 0.1) is 30.0 Å². The molecule has 1 aliphatic rings. The molecule has 0 unspecified atom stereocenters. The lowest BCUT2D eigenvalue weighted by Crippen LogP contribution is -2.45. The van der Waals surface area contributed by atoms with E-state index in [4.69, 9.17) is 32.7 Å². The van der Waals surface area contributed by atoms with Gasteiger partial charge in [0.2, 0.25) is 0 Å². The van der Waals surface area contributed by atoms with Crippen LogP contribution < -0.4 is 5.32 Å². The summed E-state index contributed by atoms with van der Waals surface area (Å²) in [5.74, 6) is -0.498. The maximum absolute atomic E-state index is 6.08. The molecular formula is C12H15Cl2NO2. The summed E-state index contributed by atoms with van der Waals surface area (Å²) in [5.41, 5.74) is 0.841. The molecule has 94 valence electrons. The van der Waals surface area contributed by atoms with Crippen molar-refractivity contribution in [3.63, 3.8) is 0 Å². The molecule has 0 atom stereocenters. The van der Waals surface area contributed by atoms with E-state index in [-0.39, 0.29) is 6.04 Å². The van der Waals surface area contributed by atoms with Crippen molar-refractivity contribution >= 4 is 28.9 Å². The van der Waals surface area contributed by atoms with Crippen LogP contribution in [0.5, 0.6) is 0 Å². The zero-order valence-electron chi connectivity index (χ0n) is 9.80. The van der Waals surface area contributed by atoms with E-state index in [1.807, 2.05) is 19.9 Å². The SMILES string of the molecule is CC1(C)OCC(Nc2ccc(Cl)cc2Cl)CO1. The second-order valence-corrected chi connectivity index (χ2v) is 5.33. The summed E-state index contributed by atoms with van der Waals surface area (Å²) in [6, 6.07) is 5.45. The lowest BCUT2D eigenvalue weighted by molar-refractivity contribution is -0.247. The molecule has 17 heavy (non-hydrogen) atoms. The number of hydrogen-bond donors (Lipinski definition) is 1. The Morgan fingerprint density at radius 2 is 1.88 bits per heavy atom. The molecule has 0 bridgehead atoms. The van der Waals surface area contributed by atoms with Crippen LogP contribution in [0.1, 0.15) is 13.8 Å². The third-order valence-corrected chi connectivity index (χ3v) is 3.10. The smallest absolute Gasteiger partial charge is 0.162 e. The van der Waals surface area contributed by atoms with Crippen molar-refractivity contribution in [1.29, 1.82) is 0 Å². The summed E-state index contributed by atoms with van der Waals surface area (Å²) >= 11 is 11.9. The fourth-order valence-electron chi connectivity index (χ4n) is 1.60. The number of hydrogen-bond acceptors (Lipinski definition) is 3. The number of rotatable bonds is 2. The minimum atomic E-state index is -0.498. The van der Waals surface area contributed by atoms with Crippen molar-refractivity contribution in [3.8, 4) is 0 Å². The largest absolute Gasteiger partial charge is 0.376 e. The Bertz CT molecular complexity index is 399. The van der Waals surface area contributed by atoms with Crippen LogP contribution in [0.2, 0.25) is 10.0 Å². The Labute approximate surface area is 111 Å². The standard InChI is InChI=1S/C12H15Cl2NO2/c1-12(2)16-6-9(7-17-12)15-11-4-3-8(13)5-10(11)14/h3-5,9,15H,6-7H2,1-2H3. The predicted molar refractivity (Wildman–Crippen MR) is 69.9 cm³/mol. The number of anilines is 1. The molecule has 3 nitrogen and oxygen atoms in total. The van der Waals surface area contributed by atoms with Gasteiger partial charge in [0.15, 0.2) is 5.79 Å². The fourth-order valence-corrected chi connectivity index (χ4v) is 2.07. The Morgan fingerprint density at radius 1 is 1.24 bits per heavy atom. The van der Waals surface area contributed by atoms with Crippen molar-refractivity contribution in [1.82, 2.24) is 0 Å². The molecule has 0 saturated carbocycles. The van der Waals surface area contributed by atoms with Gasteiger partial charge in [-0.25, -0.2) is 0 Å². The molecule has 1 aromatic carbocycles. The highest BCUT2D eigenvalue weighted by molar-refractivity contribution is 6.36. The van der Waals surface area contributed by atoms with Crippen molar-refractivity contribution in [2.45, 2.75) is 25.7 Å². The van der Waals surface area contributed by atoms with E-state index in [0.717, 1.165) is 5.69 Å². The second kappa shape index (κ2) is 5.02. The fraction of sp³-hybridized carbons (Fsp3) is 0.500. The summed E-state index contributed by atoms with van der Waals surface area (Å²) in [4.78, 5) is 0. The molecule has 1 saturated heterocycles. The normalized spacial score (nSPS) is 20.2. The van der Waals surface area contributed by atoms with Crippen LogP contribution in [0.15, 0.2) is 18.2 Å². The Balaban J connectivity index is 1.98. The third kappa shape index (κ3) is 3.49. The average Bonchev–Trinajstić information content (AvgIpc) is 2.25. The van der Waals surface area contributed by atoms with Crippen molar-refractivity contribution < 1.29 is 9.47 Å². The molecule has 2 rings (SSSR count). The maximum Gasteiger partial charge on any atom is 0.162 e. The van der Waals surface area contributed by atoms with Crippen LogP contribution in [0.3, 0.4) is 0 Å². The van der Waals surface area contributed by atoms with Gasteiger partial charge in [0.25, 0.3) is 0 Å². The van der Waals surface area contributed by atoms with Crippen LogP contribution in [-0.4, -0.2) is 25.0 Å². The Morgan fingerprint density at radius 3 is 2.47 bits per heavy atom. The monoisotopic (exact) mass is 275 g/mol. The molecule has 1 aliphatic heterocycles. The van der Waals surface area contributed by atoms with E-state index in [0.29, 0.717) is 23.3 Å². The van der Waals surface area contributed by atoms with Crippen LogP contribution in [0, 0.1) is 0 Å². The molecule has 1 N–H and O–H groups in total. The molecule has 0 aromatic heterocycles. The van der Waals surface area contributed by atoms with Gasteiger partial charge in [0.1, 0.15) is 0 Å². The first kappa shape index (κ1) is 13.0. The van der Waals surface area contributed by atoms with E-state index in [2.05, 4.69) is 5.32 Å². The van der Waals surface area contributed by atoms with Crippen LogP contribution in [0.4, 0.5) is 5.69 Å². The van der Waals surface area contributed by atoms with Crippen LogP contribution in [-0.2, 0) is 9.47 Å². The van der Waals surface area contributed by atoms with Crippen molar-refractivity contribution in [2.24, 2.45) is 0 Å². The summed E-state index contributed by atoms with van der Waals surface area (Å²) in [6.45, 7) is 4.98. The molecule has 5 heteroatoms. The van der Waals surface area contributed by atoms with Crippen LogP contribution in [0.25, 0.3) is 0 Å². The molecule has 0 amide bonds. The van der Waals surface area contributed by atoms with Crippen molar-refractivity contribution in [3.05, 3.63) is 28.2 Å². The highest BCUT2D eigenvalue weighted by Crippen LogP contribution is 2.27. The first-order chi connectivity index (χ1) is 7.96. The first-order valence-electron chi connectivity index (χ1n) is 5.46. The maximum atomic E-state index is 6.08. The molecule has 0 spiro atoms. The predicted octanol–water partition coefficient (Wildman–Crippen LogP) is 3.56. The van der Waals surface area contributed by atoms with E-state index in [1.54, 1.807) is 12.1 Å². The van der Waals surface area contributed by atoms with Gasteiger partial charge in [-0.2, -0.15) is 0 Å². The summed E-state index contributed by atoms with van der Waals surface area (Å²) in [7, 11) is 0. The Kier molecular flexibility index (Phi) is 3.83. The van der Waals surface area contributed by atoms with Gasteiger partial charge < -0.3 is 14.8 Å². The molecular weight excluding hydrogens is 261 g/mol. The molecule has 1 heterocycles. The number of ether oxygens (including phenoxy) is 2. The van der Waals surface area contributed by atoms with Gasteiger partial charge in [0, 0.05) is 5.02 Å². The molecule has 1 aromatic rings. The summed E-state index contributed by atoms with van der Waals surface area (Å²) in [6.07, 6.45) is 0.